The van der Waals surface area contributed by atoms with Crippen LogP contribution in [-0.2, 0) is 6.54 Å². The first-order valence-electron chi connectivity index (χ1n) is 7.04. The first-order chi connectivity index (χ1) is 9.74. The highest BCUT2D eigenvalue weighted by molar-refractivity contribution is 5.20. The van der Waals surface area contributed by atoms with Gasteiger partial charge in [-0.25, -0.2) is 4.39 Å². The number of hydrogen-bond acceptors (Lipinski definition) is 2. The van der Waals surface area contributed by atoms with Crippen LogP contribution in [0.25, 0.3) is 0 Å². The molecule has 1 aromatic heterocycles. The Balaban J connectivity index is 1.70. The molecule has 0 radical (unpaired) electrons. The zero-order valence-corrected chi connectivity index (χ0v) is 11.3. The summed E-state index contributed by atoms with van der Waals surface area (Å²) in [6, 6.07) is 11.1. The van der Waals surface area contributed by atoms with Gasteiger partial charge < -0.3 is 15.0 Å². The van der Waals surface area contributed by atoms with Crippen LogP contribution in [0.4, 0.5) is 4.39 Å². The molecule has 1 fully saturated rings. The molecule has 20 heavy (non-hydrogen) atoms. The van der Waals surface area contributed by atoms with Gasteiger partial charge in [-0.15, -0.1) is 0 Å². The van der Waals surface area contributed by atoms with Crippen molar-refractivity contribution in [3.8, 4) is 0 Å². The molecule has 1 saturated carbocycles. The second-order valence-electron chi connectivity index (χ2n) is 5.35. The minimum Gasteiger partial charge on any atom is -0.386 e. The summed E-state index contributed by atoms with van der Waals surface area (Å²) in [6.45, 7) is 0.988. The Hall–Kier alpha value is -1.65. The van der Waals surface area contributed by atoms with Gasteiger partial charge in [-0.3, -0.25) is 0 Å². The fourth-order valence-electron chi connectivity index (χ4n) is 2.35. The summed E-state index contributed by atoms with van der Waals surface area (Å²) < 4.78 is 15.6. The predicted octanol–water partition coefficient (Wildman–Crippen LogP) is 2.46. The van der Waals surface area contributed by atoms with Crippen molar-refractivity contribution in [2.75, 3.05) is 6.54 Å². The molecule has 106 valence electrons. The molecule has 0 saturated heterocycles. The minimum atomic E-state index is -0.558. The summed E-state index contributed by atoms with van der Waals surface area (Å²) >= 11 is 0. The summed E-state index contributed by atoms with van der Waals surface area (Å²) in [4.78, 5) is 0. The van der Waals surface area contributed by atoms with Gasteiger partial charge in [0, 0.05) is 30.0 Å². The van der Waals surface area contributed by atoms with E-state index in [0.717, 1.165) is 5.69 Å². The van der Waals surface area contributed by atoms with Crippen LogP contribution in [-0.4, -0.2) is 22.3 Å². The van der Waals surface area contributed by atoms with E-state index in [1.54, 1.807) is 12.1 Å². The molecule has 1 aliphatic carbocycles. The summed E-state index contributed by atoms with van der Waals surface area (Å²) in [7, 11) is 0. The number of halogens is 1. The largest absolute Gasteiger partial charge is 0.386 e. The second-order valence-corrected chi connectivity index (χ2v) is 5.35. The van der Waals surface area contributed by atoms with Gasteiger partial charge in [-0.2, -0.15) is 0 Å². The lowest BCUT2D eigenvalue weighted by atomic mass is 10.2. The Morgan fingerprint density at radius 1 is 1.25 bits per heavy atom. The maximum absolute atomic E-state index is 13.7. The maximum atomic E-state index is 13.7. The molecule has 1 unspecified atom stereocenters. The molecule has 0 spiro atoms. The Kier molecular flexibility index (Phi) is 3.85. The first-order valence-corrected chi connectivity index (χ1v) is 7.04. The third-order valence-corrected chi connectivity index (χ3v) is 3.68. The number of aliphatic hydroxyl groups is 1. The van der Waals surface area contributed by atoms with Crippen molar-refractivity contribution < 1.29 is 9.50 Å². The fourth-order valence-corrected chi connectivity index (χ4v) is 2.35. The van der Waals surface area contributed by atoms with Crippen LogP contribution in [0.5, 0.6) is 0 Å². The number of aromatic nitrogens is 1. The third kappa shape index (κ3) is 3.08. The highest BCUT2D eigenvalue weighted by atomic mass is 19.1. The molecule has 0 bridgehead atoms. The van der Waals surface area contributed by atoms with Crippen LogP contribution in [0.15, 0.2) is 42.6 Å². The van der Waals surface area contributed by atoms with Crippen LogP contribution in [0.3, 0.4) is 0 Å². The van der Waals surface area contributed by atoms with Gasteiger partial charge in [0.25, 0.3) is 0 Å². The highest BCUT2D eigenvalue weighted by Crippen LogP contribution is 2.21. The van der Waals surface area contributed by atoms with Crippen molar-refractivity contribution in [3.63, 3.8) is 0 Å². The second kappa shape index (κ2) is 5.77. The highest BCUT2D eigenvalue weighted by Gasteiger charge is 2.22. The van der Waals surface area contributed by atoms with Gasteiger partial charge in [0.1, 0.15) is 11.9 Å². The monoisotopic (exact) mass is 274 g/mol. The summed E-state index contributed by atoms with van der Waals surface area (Å²) in [5, 5.41) is 13.5. The van der Waals surface area contributed by atoms with Crippen molar-refractivity contribution in [1.82, 2.24) is 9.88 Å². The molecule has 3 nitrogen and oxygen atoms in total. The molecule has 2 aromatic rings. The molecule has 1 atom stereocenters. The van der Waals surface area contributed by atoms with E-state index in [1.165, 1.54) is 18.9 Å². The van der Waals surface area contributed by atoms with Gasteiger partial charge in [-0.05, 0) is 31.0 Å². The molecule has 4 heteroatoms. The van der Waals surface area contributed by atoms with E-state index in [1.807, 2.05) is 29.0 Å². The molecule has 1 heterocycles. The summed E-state index contributed by atoms with van der Waals surface area (Å²) in [6.07, 6.45) is 3.71. The number of benzene rings is 1. The van der Waals surface area contributed by atoms with Crippen LogP contribution in [0, 0.1) is 5.82 Å². The number of nitrogens with one attached hydrogen (secondary N) is 1. The number of rotatable bonds is 6. The minimum absolute atomic E-state index is 0.210. The van der Waals surface area contributed by atoms with Gasteiger partial charge in [0.2, 0.25) is 0 Å². The lowest BCUT2D eigenvalue weighted by Crippen LogP contribution is -2.24. The van der Waals surface area contributed by atoms with Crippen LogP contribution >= 0.6 is 0 Å². The van der Waals surface area contributed by atoms with Crippen LogP contribution < -0.4 is 5.32 Å². The predicted molar refractivity (Wildman–Crippen MR) is 75.9 cm³/mol. The Bertz CT molecular complexity index is 577. The van der Waals surface area contributed by atoms with E-state index < -0.39 is 6.10 Å². The molecule has 0 aliphatic heterocycles. The maximum Gasteiger partial charge on any atom is 0.128 e. The lowest BCUT2D eigenvalue weighted by molar-refractivity contribution is 0.165. The van der Waals surface area contributed by atoms with Gasteiger partial charge >= 0.3 is 0 Å². The van der Waals surface area contributed by atoms with E-state index in [-0.39, 0.29) is 5.82 Å². The summed E-state index contributed by atoms with van der Waals surface area (Å²) in [5.74, 6) is -0.210. The molecule has 0 amide bonds. The average molecular weight is 274 g/mol. The van der Waals surface area contributed by atoms with Crippen molar-refractivity contribution in [1.29, 1.82) is 0 Å². The Morgan fingerprint density at radius 2 is 2.05 bits per heavy atom. The van der Waals surface area contributed by atoms with E-state index >= 15 is 0 Å². The normalized spacial score (nSPS) is 16.3. The first kappa shape index (κ1) is 13.3. The van der Waals surface area contributed by atoms with Gasteiger partial charge in [0.05, 0.1) is 6.54 Å². The van der Waals surface area contributed by atoms with E-state index in [0.29, 0.717) is 24.7 Å². The number of nitrogens with zero attached hydrogens (tertiary/aromatic N) is 1. The van der Waals surface area contributed by atoms with Crippen molar-refractivity contribution >= 4 is 0 Å². The number of hydrogen-bond donors (Lipinski definition) is 2. The fraction of sp³-hybridized carbons (Fsp3) is 0.375. The van der Waals surface area contributed by atoms with E-state index in [4.69, 9.17) is 0 Å². The SMILES string of the molecule is OC(CNC1CC1)c1cccn1Cc1ccccc1F. The van der Waals surface area contributed by atoms with Gasteiger partial charge in [-0.1, -0.05) is 18.2 Å². The van der Waals surface area contributed by atoms with Crippen molar-refractivity contribution in [2.45, 2.75) is 31.5 Å². The lowest BCUT2D eigenvalue weighted by Gasteiger charge is -2.15. The number of aliphatic hydroxyl groups excluding tert-OH is 1. The van der Waals surface area contributed by atoms with Crippen molar-refractivity contribution in [3.05, 3.63) is 59.7 Å². The third-order valence-electron chi connectivity index (χ3n) is 3.68. The standard InChI is InChI=1S/C16H19FN2O/c17-14-5-2-1-4-12(14)11-19-9-3-6-15(19)16(20)10-18-13-7-8-13/h1-6,9,13,16,18,20H,7-8,10-11H2. The zero-order valence-electron chi connectivity index (χ0n) is 11.3. The van der Waals surface area contributed by atoms with Crippen LogP contribution in [0.1, 0.15) is 30.2 Å². The zero-order chi connectivity index (χ0) is 13.9. The molecule has 2 N–H and O–H groups in total. The smallest absolute Gasteiger partial charge is 0.128 e. The molecule has 3 rings (SSSR count). The Morgan fingerprint density at radius 3 is 2.80 bits per heavy atom. The topological polar surface area (TPSA) is 37.2 Å². The Labute approximate surface area is 118 Å². The van der Waals surface area contributed by atoms with Gasteiger partial charge in [0.15, 0.2) is 0 Å². The quantitative estimate of drug-likeness (QED) is 0.849. The average Bonchev–Trinajstić information content (AvgIpc) is 3.17. The van der Waals surface area contributed by atoms with E-state index in [2.05, 4.69) is 5.32 Å². The van der Waals surface area contributed by atoms with Crippen LogP contribution in [0.2, 0.25) is 0 Å². The molecule has 1 aliphatic rings. The van der Waals surface area contributed by atoms with E-state index in [9.17, 15) is 9.50 Å². The van der Waals surface area contributed by atoms with Crippen molar-refractivity contribution in [2.24, 2.45) is 0 Å². The molecule has 1 aromatic carbocycles. The molecular weight excluding hydrogens is 255 g/mol. The molecular formula is C16H19FN2O. The summed E-state index contributed by atoms with van der Waals surface area (Å²) in [5.41, 5.74) is 1.45.